The molecule has 0 saturated heterocycles. The summed E-state index contributed by atoms with van der Waals surface area (Å²) in [5, 5.41) is 8.56. The summed E-state index contributed by atoms with van der Waals surface area (Å²) in [6.45, 7) is 6.49. The van der Waals surface area contributed by atoms with Crippen LogP contribution in [0.25, 0.3) is 0 Å². The molecule has 0 unspecified atom stereocenters. The molecule has 0 amide bonds. The number of rotatable bonds is 6. The second-order valence-corrected chi connectivity index (χ2v) is 5.41. The third kappa shape index (κ3) is 3.99. The average Bonchev–Trinajstić information content (AvgIpc) is 2.85. The van der Waals surface area contributed by atoms with Crippen LogP contribution in [0.1, 0.15) is 30.4 Å². The molecular formula is C14H18N2O2S. The van der Waals surface area contributed by atoms with Crippen molar-refractivity contribution in [1.29, 1.82) is 0 Å². The minimum Gasteiger partial charge on any atom is -0.484 e. The second kappa shape index (κ2) is 6.61. The predicted molar refractivity (Wildman–Crippen MR) is 75.6 cm³/mol. The van der Waals surface area contributed by atoms with Crippen LogP contribution in [0.4, 0.5) is 0 Å². The van der Waals surface area contributed by atoms with Crippen molar-refractivity contribution in [3.05, 3.63) is 35.2 Å². The maximum absolute atomic E-state index is 5.72. The first-order valence-corrected chi connectivity index (χ1v) is 7.33. The first kappa shape index (κ1) is 13.9. The first-order valence-electron chi connectivity index (χ1n) is 6.34. The molecule has 4 nitrogen and oxygen atoms in total. The van der Waals surface area contributed by atoms with E-state index in [-0.39, 0.29) is 0 Å². The van der Waals surface area contributed by atoms with Gasteiger partial charge in [-0.2, -0.15) is 0 Å². The standard InChI is InChI=1S/C14H18N2O2S/c1-4-7-19-14-16-15-13(18-14)9-17-12-8-10(2)5-6-11(12)3/h5-6,8H,4,7,9H2,1-3H3. The van der Waals surface area contributed by atoms with Crippen molar-refractivity contribution in [3.63, 3.8) is 0 Å². The van der Waals surface area contributed by atoms with Crippen molar-refractivity contribution >= 4 is 11.8 Å². The number of aryl methyl sites for hydroxylation is 2. The summed E-state index contributed by atoms with van der Waals surface area (Å²) in [6.07, 6.45) is 1.08. The molecule has 0 radical (unpaired) electrons. The SMILES string of the molecule is CCCSc1nnc(COc2cc(C)ccc2C)o1. The highest BCUT2D eigenvalue weighted by atomic mass is 32.2. The van der Waals surface area contributed by atoms with E-state index in [1.54, 1.807) is 11.8 Å². The lowest BCUT2D eigenvalue weighted by atomic mass is 10.1. The van der Waals surface area contributed by atoms with E-state index < -0.39 is 0 Å². The Balaban J connectivity index is 1.94. The van der Waals surface area contributed by atoms with Crippen LogP contribution in [0.2, 0.25) is 0 Å². The number of thioether (sulfide) groups is 1. The van der Waals surface area contributed by atoms with E-state index in [2.05, 4.69) is 23.2 Å². The van der Waals surface area contributed by atoms with Gasteiger partial charge in [-0.05, 0) is 37.5 Å². The Kier molecular flexibility index (Phi) is 4.85. The Bertz CT molecular complexity index is 540. The molecule has 1 aromatic carbocycles. The van der Waals surface area contributed by atoms with E-state index in [0.717, 1.165) is 23.5 Å². The van der Waals surface area contributed by atoms with Crippen LogP contribution in [0.15, 0.2) is 27.8 Å². The Morgan fingerprint density at radius 2 is 2.11 bits per heavy atom. The third-order valence-corrected chi connectivity index (χ3v) is 3.60. The highest BCUT2D eigenvalue weighted by Gasteiger charge is 2.08. The molecule has 0 aliphatic rings. The van der Waals surface area contributed by atoms with Crippen molar-refractivity contribution < 1.29 is 9.15 Å². The fourth-order valence-electron chi connectivity index (χ4n) is 1.55. The molecule has 1 aromatic heterocycles. The summed E-state index contributed by atoms with van der Waals surface area (Å²) >= 11 is 1.57. The van der Waals surface area contributed by atoms with Crippen LogP contribution in [0.3, 0.4) is 0 Å². The Labute approximate surface area is 117 Å². The molecule has 0 atom stereocenters. The number of hydrogen-bond acceptors (Lipinski definition) is 5. The number of nitrogens with zero attached hydrogens (tertiary/aromatic N) is 2. The minimum atomic E-state index is 0.310. The van der Waals surface area contributed by atoms with Gasteiger partial charge in [-0.25, -0.2) is 0 Å². The molecule has 0 saturated carbocycles. The summed E-state index contributed by atoms with van der Waals surface area (Å²) in [5.74, 6) is 2.36. The molecule has 0 aliphatic carbocycles. The lowest BCUT2D eigenvalue weighted by molar-refractivity contribution is 0.250. The zero-order valence-corrected chi connectivity index (χ0v) is 12.3. The molecule has 1 heterocycles. The summed E-state index contributed by atoms with van der Waals surface area (Å²) in [6, 6.07) is 6.12. The fraction of sp³-hybridized carbons (Fsp3) is 0.429. The number of aromatic nitrogens is 2. The molecule has 2 aromatic rings. The minimum absolute atomic E-state index is 0.310. The zero-order valence-electron chi connectivity index (χ0n) is 11.5. The predicted octanol–water partition coefficient (Wildman–Crippen LogP) is 3.77. The van der Waals surface area contributed by atoms with Gasteiger partial charge in [0.25, 0.3) is 11.1 Å². The molecule has 5 heteroatoms. The van der Waals surface area contributed by atoms with Gasteiger partial charge in [-0.15, -0.1) is 10.2 Å². The first-order chi connectivity index (χ1) is 9.19. The lowest BCUT2D eigenvalue weighted by Gasteiger charge is -2.07. The van der Waals surface area contributed by atoms with Crippen LogP contribution < -0.4 is 4.74 Å². The van der Waals surface area contributed by atoms with Gasteiger partial charge in [0.2, 0.25) is 0 Å². The van der Waals surface area contributed by atoms with E-state index in [1.807, 2.05) is 26.0 Å². The topological polar surface area (TPSA) is 48.2 Å². The van der Waals surface area contributed by atoms with Gasteiger partial charge in [0, 0.05) is 5.75 Å². The molecule has 102 valence electrons. The maximum atomic E-state index is 5.72. The smallest absolute Gasteiger partial charge is 0.276 e. The summed E-state index contributed by atoms with van der Waals surface area (Å²) in [5.41, 5.74) is 2.27. The molecule has 0 bridgehead atoms. The van der Waals surface area contributed by atoms with E-state index in [9.17, 15) is 0 Å². The van der Waals surface area contributed by atoms with Crippen LogP contribution in [-0.4, -0.2) is 16.0 Å². The number of benzene rings is 1. The molecule has 0 spiro atoms. The van der Waals surface area contributed by atoms with Crippen LogP contribution in [-0.2, 0) is 6.61 Å². The van der Waals surface area contributed by atoms with Gasteiger partial charge < -0.3 is 9.15 Å². The van der Waals surface area contributed by atoms with Gasteiger partial charge >= 0.3 is 0 Å². The largest absolute Gasteiger partial charge is 0.484 e. The molecule has 2 rings (SSSR count). The Morgan fingerprint density at radius 1 is 1.26 bits per heavy atom. The quantitative estimate of drug-likeness (QED) is 0.753. The normalized spacial score (nSPS) is 10.7. The molecule has 0 aliphatic heterocycles. The second-order valence-electron chi connectivity index (χ2n) is 4.37. The van der Waals surface area contributed by atoms with Crippen molar-refractivity contribution in [1.82, 2.24) is 10.2 Å². The molecule has 0 N–H and O–H groups in total. The van der Waals surface area contributed by atoms with Crippen LogP contribution >= 0.6 is 11.8 Å². The van der Waals surface area contributed by atoms with Crippen molar-refractivity contribution in [2.45, 2.75) is 39.0 Å². The Morgan fingerprint density at radius 3 is 2.89 bits per heavy atom. The van der Waals surface area contributed by atoms with Crippen LogP contribution in [0.5, 0.6) is 5.75 Å². The van der Waals surface area contributed by atoms with Crippen LogP contribution in [0, 0.1) is 13.8 Å². The monoisotopic (exact) mass is 278 g/mol. The van der Waals surface area contributed by atoms with Gasteiger partial charge in [0.15, 0.2) is 6.61 Å². The Hall–Kier alpha value is -1.49. The summed E-state index contributed by atoms with van der Waals surface area (Å²) < 4.78 is 11.2. The van der Waals surface area contributed by atoms with Gasteiger partial charge in [0.1, 0.15) is 5.75 Å². The lowest BCUT2D eigenvalue weighted by Crippen LogP contribution is -1.97. The van der Waals surface area contributed by atoms with E-state index in [4.69, 9.17) is 9.15 Å². The number of ether oxygens (including phenoxy) is 1. The average molecular weight is 278 g/mol. The fourth-order valence-corrected chi connectivity index (χ4v) is 2.18. The molecular weight excluding hydrogens is 260 g/mol. The van der Waals surface area contributed by atoms with Gasteiger partial charge in [-0.1, -0.05) is 30.8 Å². The molecule has 0 fully saturated rings. The van der Waals surface area contributed by atoms with E-state index in [1.165, 1.54) is 5.56 Å². The van der Waals surface area contributed by atoms with Gasteiger partial charge in [0.05, 0.1) is 0 Å². The van der Waals surface area contributed by atoms with E-state index in [0.29, 0.717) is 17.7 Å². The van der Waals surface area contributed by atoms with Crippen molar-refractivity contribution in [3.8, 4) is 5.75 Å². The van der Waals surface area contributed by atoms with Crippen molar-refractivity contribution in [2.24, 2.45) is 0 Å². The van der Waals surface area contributed by atoms with Crippen molar-refractivity contribution in [2.75, 3.05) is 5.75 Å². The maximum Gasteiger partial charge on any atom is 0.276 e. The zero-order chi connectivity index (χ0) is 13.7. The summed E-state index contributed by atoms with van der Waals surface area (Å²) in [4.78, 5) is 0. The number of hydrogen-bond donors (Lipinski definition) is 0. The third-order valence-electron chi connectivity index (χ3n) is 2.57. The molecule has 19 heavy (non-hydrogen) atoms. The highest BCUT2D eigenvalue weighted by molar-refractivity contribution is 7.99. The summed E-state index contributed by atoms with van der Waals surface area (Å²) in [7, 11) is 0. The highest BCUT2D eigenvalue weighted by Crippen LogP contribution is 2.21. The van der Waals surface area contributed by atoms with Gasteiger partial charge in [-0.3, -0.25) is 0 Å². The van der Waals surface area contributed by atoms with E-state index >= 15 is 0 Å².